The molecule has 0 rings (SSSR count). The van der Waals surface area contributed by atoms with Gasteiger partial charge in [0, 0.05) is 12.8 Å². The summed E-state index contributed by atoms with van der Waals surface area (Å²) in [7, 11) is 0. The van der Waals surface area contributed by atoms with Crippen LogP contribution in [-0.4, -0.2) is 47.4 Å². The van der Waals surface area contributed by atoms with Crippen molar-refractivity contribution >= 4 is 11.9 Å². The van der Waals surface area contributed by atoms with Crippen LogP contribution in [0.15, 0.2) is 0 Å². The molecule has 0 radical (unpaired) electrons. The Morgan fingerprint density at radius 3 is 1.22 bits per heavy atom. The van der Waals surface area contributed by atoms with E-state index in [4.69, 9.17) is 4.74 Å². The van der Waals surface area contributed by atoms with E-state index in [0.29, 0.717) is 25.9 Å². The van der Waals surface area contributed by atoms with Gasteiger partial charge in [0.25, 0.3) is 0 Å². The lowest BCUT2D eigenvalue weighted by atomic mass is 10.0. The predicted octanol–water partition coefficient (Wildman–Crippen LogP) is 12.5. The largest absolute Gasteiger partial charge is 0.466 e. The van der Waals surface area contributed by atoms with Crippen LogP contribution in [0, 0.1) is 0 Å². The Bertz CT molecular complexity index is 702. The van der Waals surface area contributed by atoms with Crippen molar-refractivity contribution in [1.82, 2.24) is 5.32 Å². The first-order valence-corrected chi connectivity index (χ1v) is 22.3. The SMILES string of the molecule is CCCCCCCCCCCCCCCC(=O)OCCCCCCCCCCCCCC(=O)NC(CO)C(O)CCCCCCCCCCC. The van der Waals surface area contributed by atoms with Crippen molar-refractivity contribution < 1.29 is 24.5 Å². The number of carbonyl (C=O) groups excluding carboxylic acids is 2. The van der Waals surface area contributed by atoms with Gasteiger partial charge in [-0.2, -0.15) is 0 Å². The molecule has 0 aromatic rings. The number of unbranched alkanes of at least 4 members (excludes halogenated alkanes) is 30. The van der Waals surface area contributed by atoms with Crippen molar-refractivity contribution in [2.45, 2.75) is 257 Å². The number of aliphatic hydroxyl groups is 2. The topological polar surface area (TPSA) is 95.9 Å². The number of rotatable bonds is 41. The highest BCUT2D eigenvalue weighted by atomic mass is 16.5. The molecule has 50 heavy (non-hydrogen) atoms. The van der Waals surface area contributed by atoms with Crippen molar-refractivity contribution in [3.63, 3.8) is 0 Å². The summed E-state index contributed by atoms with van der Waals surface area (Å²) in [4.78, 5) is 24.3. The molecule has 3 N–H and O–H groups in total. The van der Waals surface area contributed by atoms with Gasteiger partial charge in [0.2, 0.25) is 5.91 Å². The Kier molecular flexibility index (Phi) is 39.7. The summed E-state index contributed by atoms with van der Waals surface area (Å²) in [5, 5.41) is 23.0. The molecule has 2 atom stereocenters. The fourth-order valence-electron chi connectivity index (χ4n) is 6.93. The number of hydrogen-bond donors (Lipinski definition) is 3. The van der Waals surface area contributed by atoms with Gasteiger partial charge in [0.1, 0.15) is 0 Å². The lowest BCUT2D eigenvalue weighted by Gasteiger charge is -2.22. The van der Waals surface area contributed by atoms with E-state index >= 15 is 0 Å². The van der Waals surface area contributed by atoms with E-state index in [-0.39, 0.29) is 18.5 Å². The molecule has 0 aliphatic heterocycles. The third-order valence-corrected chi connectivity index (χ3v) is 10.4. The molecule has 0 heterocycles. The van der Waals surface area contributed by atoms with E-state index in [1.54, 1.807) is 0 Å². The predicted molar refractivity (Wildman–Crippen MR) is 214 cm³/mol. The molecule has 0 spiro atoms. The first-order chi connectivity index (χ1) is 24.5. The molecule has 0 aromatic carbocycles. The maximum atomic E-state index is 12.3. The summed E-state index contributed by atoms with van der Waals surface area (Å²) in [5.74, 6) is -0.0683. The van der Waals surface area contributed by atoms with E-state index in [2.05, 4.69) is 19.2 Å². The van der Waals surface area contributed by atoms with Crippen LogP contribution in [-0.2, 0) is 14.3 Å². The lowest BCUT2D eigenvalue weighted by Crippen LogP contribution is -2.45. The maximum absolute atomic E-state index is 12.3. The Morgan fingerprint density at radius 2 is 0.820 bits per heavy atom. The van der Waals surface area contributed by atoms with Gasteiger partial charge in [-0.05, 0) is 25.7 Å². The van der Waals surface area contributed by atoms with Gasteiger partial charge in [0.15, 0.2) is 0 Å². The minimum absolute atomic E-state index is 0.0126. The first kappa shape index (κ1) is 48.9. The maximum Gasteiger partial charge on any atom is 0.305 e. The average molecular weight is 710 g/mol. The van der Waals surface area contributed by atoms with Gasteiger partial charge in [-0.1, -0.05) is 206 Å². The highest BCUT2D eigenvalue weighted by molar-refractivity contribution is 5.76. The molecule has 0 saturated heterocycles. The van der Waals surface area contributed by atoms with E-state index in [1.165, 1.54) is 154 Å². The molecular formula is C44H87NO5. The molecule has 1 amide bonds. The molecule has 298 valence electrons. The Morgan fingerprint density at radius 1 is 0.480 bits per heavy atom. The van der Waals surface area contributed by atoms with Crippen molar-refractivity contribution in [3.05, 3.63) is 0 Å². The van der Waals surface area contributed by atoms with Crippen LogP contribution < -0.4 is 5.32 Å². The third-order valence-electron chi connectivity index (χ3n) is 10.4. The van der Waals surface area contributed by atoms with Gasteiger partial charge in [0.05, 0.1) is 25.4 Å². The van der Waals surface area contributed by atoms with Crippen LogP contribution in [0.1, 0.15) is 245 Å². The monoisotopic (exact) mass is 710 g/mol. The summed E-state index contributed by atoms with van der Waals surface area (Å²) in [6, 6.07) is -0.551. The normalized spacial score (nSPS) is 12.6. The van der Waals surface area contributed by atoms with Crippen LogP contribution >= 0.6 is 0 Å². The molecule has 6 heteroatoms. The Hall–Kier alpha value is -1.14. The van der Waals surface area contributed by atoms with Gasteiger partial charge in [-0.25, -0.2) is 0 Å². The Balaban J connectivity index is 3.44. The number of esters is 1. The van der Waals surface area contributed by atoms with Crippen LogP contribution in [0.3, 0.4) is 0 Å². The molecule has 6 nitrogen and oxygen atoms in total. The van der Waals surface area contributed by atoms with Crippen LogP contribution in [0.2, 0.25) is 0 Å². The van der Waals surface area contributed by atoms with Gasteiger partial charge < -0.3 is 20.3 Å². The van der Waals surface area contributed by atoms with Crippen LogP contribution in [0.4, 0.5) is 0 Å². The van der Waals surface area contributed by atoms with Gasteiger partial charge in [-0.3, -0.25) is 9.59 Å². The molecule has 0 aromatic heterocycles. The highest BCUT2D eigenvalue weighted by Crippen LogP contribution is 2.16. The lowest BCUT2D eigenvalue weighted by molar-refractivity contribution is -0.143. The second-order valence-electron chi connectivity index (χ2n) is 15.4. The zero-order valence-corrected chi connectivity index (χ0v) is 33.6. The van der Waals surface area contributed by atoms with Gasteiger partial charge >= 0.3 is 5.97 Å². The summed E-state index contributed by atoms with van der Waals surface area (Å²) >= 11 is 0. The van der Waals surface area contributed by atoms with Crippen LogP contribution in [0.25, 0.3) is 0 Å². The number of hydrogen-bond acceptors (Lipinski definition) is 5. The first-order valence-electron chi connectivity index (χ1n) is 22.3. The molecule has 0 aliphatic carbocycles. The third kappa shape index (κ3) is 36.6. The zero-order valence-electron chi connectivity index (χ0n) is 33.6. The second-order valence-corrected chi connectivity index (χ2v) is 15.4. The second kappa shape index (κ2) is 40.6. The number of aliphatic hydroxyl groups excluding tert-OH is 2. The summed E-state index contributed by atoms with van der Waals surface area (Å²) in [6.07, 6.45) is 42.0. The van der Waals surface area contributed by atoms with Crippen molar-refractivity contribution in [2.75, 3.05) is 13.2 Å². The molecule has 2 unspecified atom stereocenters. The number of amides is 1. The van der Waals surface area contributed by atoms with Crippen molar-refractivity contribution in [3.8, 4) is 0 Å². The molecule has 0 fully saturated rings. The molecule has 0 aliphatic rings. The fraction of sp³-hybridized carbons (Fsp3) is 0.955. The zero-order chi connectivity index (χ0) is 36.6. The number of carbonyl (C=O) groups is 2. The van der Waals surface area contributed by atoms with Crippen molar-refractivity contribution in [2.24, 2.45) is 0 Å². The minimum Gasteiger partial charge on any atom is -0.466 e. The average Bonchev–Trinajstić information content (AvgIpc) is 3.11. The van der Waals surface area contributed by atoms with E-state index in [9.17, 15) is 19.8 Å². The summed E-state index contributed by atoms with van der Waals surface area (Å²) < 4.78 is 5.44. The summed E-state index contributed by atoms with van der Waals surface area (Å²) in [5.41, 5.74) is 0. The number of ether oxygens (including phenoxy) is 1. The standard InChI is InChI=1S/C44H87NO5/c1-3-5-7-9-11-13-14-15-18-22-26-30-34-38-44(49)50-39-35-31-27-23-19-16-17-21-25-29-33-37-43(48)45-41(40-46)42(47)36-32-28-24-20-12-10-8-6-4-2/h41-42,46-47H,3-40H2,1-2H3,(H,45,48). The van der Waals surface area contributed by atoms with Crippen molar-refractivity contribution in [1.29, 1.82) is 0 Å². The van der Waals surface area contributed by atoms with E-state index < -0.39 is 12.1 Å². The smallest absolute Gasteiger partial charge is 0.305 e. The van der Waals surface area contributed by atoms with Crippen LogP contribution in [0.5, 0.6) is 0 Å². The Labute approximate surface area is 311 Å². The molecule has 0 saturated carbocycles. The van der Waals surface area contributed by atoms with E-state index in [0.717, 1.165) is 57.8 Å². The number of nitrogens with one attached hydrogen (secondary N) is 1. The summed E-state index contributed by atoms with van der Waals surface area (Å²) in [6.45, 7) is 4.88. The van der Waals surface area contributed by atoms with Gasteiger partial charge in [-0.15, -0.1) is 0 Å². The molecule has 0 bridgehead atoms. The fourth-order valence-corrected chi connectivity index (χ4v) is 6.93. The highest BCUT2D eigenvalue weighted by Gasteiger charge is 2.20. The minimum atomic E-state index is -0.672. The van der Waals surface area contributed by atoms with E-state index in [1.807, 2.05) is 0 Å². The molecular weight excluding hydrogens is 622 g/mol. The quantitative estimate of drug-likeness (QED) is 0.0434.